The molecule has 3 rings (SSSR count). The summed E-state index contributed by atoms with van der Waals surface area (Å²) in [6, 6.07) is 16.6. The lowest BCUT2D eigenvalue weighted by molar-refractivity contribution is 0.237. The number of hydrogen-bond acceptors (Lipinski definition) is 4. The van der Waals surface area contributed by atoms with Gasteiger partial charge in [0.2, 0.25) is 0 Å². The van der Waals surface area contributed by atoms with Crippen molar-refractivity contribution in [3.8, 4) is 11.5 Å². The first kappa shape index (κ1) is 16.5. The van der Waals surface area contributed by atoms with Crippen molar-refractivity contribution in [2.24, 2.45) is 0 Å². The fraction of sp³-hybridized carbons (Fsp3) is 0.167. The lowest BCUT2D eigenvalue weighted by atomic mass is 10.2. The maximum atomic E-state index is 12.0. The fourth-order valence-corrected chi connectivity index (χ4v) is 2.27. The zero-order valence-electron chi connectivity index (χ0n) is 13.8. The van der Waals surface area contributed by atoms with Crippen LogP contribution in [-0.2, 0) is 6.54 Å². The number of carbonyl (C=O) groups is 1. The molecule has 2 aromatic carbocycles. The summed E-state index contributed by atoms with van der Waals surface area (Å²) in [7, 11) is 0. The molecule has 7 heteroatoms. The van der Waals surface area contributed by atoms with E-state index in [2.05, 4.69) is 25.8 Å². The number of ether oxygens (including phenoxy) is 1. The summed E-state index contributed by atoms with van der Waals surface area (Å²) in [5.41, 5.74) is 0.941. The molecule has 1 aromatic heterocycles. The summed E-state index contributed by atoms with van der Waals surface area (Å²) in [5, 5.41) is 12.1. The highest BCUT2D eigenvalue weighted by atomic mass is 16.5. The number of para-hydroxylation sites is 1. The SMILES string of the molecule is C[C@@H](NC(=O)NCc1cccc(Oc2ccccc2)c1)c1ncn[nH]1. The molecule has 7 nitrogen and oxygen atoms in total. The van der Waals surface area contributed by atoms with Crippen molar-refractivity contribution in [2.45, 2.75) is 19.5 Å². The number of benzene rings is 2. The van der Waals surface area contributed by atoms with Gasteiger partial charge in [0, 0.05) is 6.54 Å². The molecule has 0 bridgehead atoms. The van der Waals surface area contributed by atoms with Gasteiger partial charge in [-0.1, -0.05) is 30.3 Å². The molecule has 1 heterocycles. The van der Waals surface area contributed by atoms with Gasteiger partial charge in [-0.05, 0) is 36.8 Å². The average molecular weight is 337 g/mol. The van der Waals surface area contributed by atoms with Crippen molar-refractivity contribution in [3.05, 3.63) is 72.3 Å². The van der Waals surface area contributed by atoms with Crippen LogP contribution in [0.3, 0.4) is 0 Å². The van der Waals surface area contributed by atoms with E-state index in [4.69, 9.17) is 4.74 Å². The number of carbonyl (C=O) groups excluding carboxylic acids is 1. The summed E-state index contributed by atoms with van der Waals surface area (Å²) in [5.74, 6) is 2.10. The zero-order chi connectivity index (χ0) is 17.5. The molecule has 0 spiro atoms. The average Bonchev–Trinajstić information content (AvgIpc) is 3.16. The molecule has 2 amide bonds. The highest BCUT2D eigenvalue weighted by molar-refractivity contribution is 5.74. The van der Waals surface area contributed by atoms with Crippen molar-refractivity contribution in [2.75, 3.05) is 0 Å². The molecule has 0 radical (unpaired) electrons. The molecule has 128 valence electrons. The molecule has 0 aliphatic rings. The number of amides is 2. The largest absolute Gasteiger partial charge is 0.457 e. The first-order valence-corrected chi connectivity index (χ1v) is 7.92. The summed E-state index contributed by atoms with van der Waals surface area (Å²) in [6.45, 7) is 2.22. The minimum absolute atomic E-state index is 0.254. The summed E-state index contributed by atoms with van der Waals surface area (Å²) >= 11 is 0. The van der Waals surface area contributed by atoms with E-state index >= 15 is 0 Å². The Hall–Kier alpha value is -3.35. The number of hydrogen-bond donors (Lipinski definition) is 3. The third-order valence-electron chi connectivity index (χ3n) is 3.52. The van der Waals surface area contributed by atoms with Crippen LogP contribution < -0.4 is 15.4 Å². The summed E-state index contributed by atoms with van der Waals surface area (Å²) < 4.78 is 5.79. The van der Waals surface area contributed by atoms with E-state index in [0.29, 0.717) is 12.4 Å². The van der Waals surface area contributed by atoms with Gasteiger partial charge in [-0.3, -0.25) is 5.10 Å². The fourth-order valence-electron chi connectivity index (χ4n) is 2.27. The van der Waals surface area contributed by atoms with E-state index in [1.165, 1.54) is 6.33 Å². The van der Waals surface area contributed by atoms with E-state index in [9.17, 15) is 4.79 Å². The van der Waals surface area contributed by atoms with Crippen LogP contribution in [0.4, 0.5) is 4.79 Å². The van der Waals surface area contributed by atoms with Gasteiger partial charge in [-0.2, -0.15) is 5.10 Å². The second kappa shape index (κ2) is 7.96. The van der Waals surface area contributed by atoms with Crippen LogP contribution in [0.25, 0.3) is 0 Å². The van der Waals surface area contributed by atoms with Crippen LogP contribution in [0, 0.1) is 0 Å². The Morgan fingerprint density at radius 2 is 1.96 bits per heavy atom. The highest BCUT2D eigenvalue weighted by Gasteiger charge is 2.11. The second-order valence-corrected chi connectivity index (χ2v) is 5.48. The number of rotatable bonds is 6. The lowest BCUT2D eigenvalue weighted by Crippen LogP contribution is -2.37. The summed E-state index contributed by atoms with van der Waals surface area (Å²) in [4.78, 5) is 16.0. The van der Waals surface area contributed by atoms with Crippen LogP contribution in [-0.4, -0.2) is 21.2 Å². The molecule has 0 saturated carbocycles. The zero-order valence-corrected chi connectivity index (χ0v) is 13.8. The molecule has 0 saturated heterocycles. The molecule has 3 N–H and O–H groups in total. The molecular formula is C18H19N5O2. The number of aromatic amines is 1. The van der Waals surface area contributed by atoms with Crippen LogP contribution in [0.2, 0.25) is 0 Å². The topological polar surface area (TPSA) is 91.9 Å². The van der Waals surface area contributed by atoms with Crippen molar-refractivity contribution in [1.82, 2.24) is 25.8 Å². The van der Waals surface area contributed by atoms with Crippen LogP contribution in [0.1, 0.15) is 24.4 Å². The Morgan fingerprint density at radius 3 is 2.72 bits per heavy atom. The number of H-pyrrole nitrogens is 1. The molecular weight excluding hydrogens is 318 g/mol. The van der Waals surface area contributed by atoms with Crippen LogP contribution in [0.15, 0.2) is 60.9 Å². The van der Waals surface area contributed by atoms with E-state index in [0.717, 1.165) is 17.1 Å². The molecule has 0 aliphatic carbocycles. The predicted octanol–water partition coefficient (Wildman–Crippen LogP) is 3.16. The standard InChI is InChI=1S/C18H19N5O2/c1-13(17-20-12-21-23-17)22-18(24)19-11-14-6-5-9-16(10-14)25-15-7-3-2-4-8-15/h2-10,12-13H,11H2,1H3,(H2,19,22,24)(H,20,21,23)/t13-/m1/s1. The number of aromatic nitrogens is 3. The minimum atomic E-state index is -0.279. The van der Waals surface area contributed by atoms with Gasteiger partial charge in [0.25, 0.3) is 0 Å². The van der Waals surface area contributed by atoms with E-state index in [-0.39, 0.29) is 12.1 Å². The number of urea groups is 1. The van der Waals surface area contributed by atoms with Crippen molar-refractivity contribution in [1.29, 1.82) is 0 Å². The van der Waals surface area contributed by atoms with Gasteiger partial charge < -0.3 is 15.4 Å². The third kappa shape index (κ3) is 4.81. The van der Waals surface area contributed by atoms with Gasteiger partial charge in [0.15, 0.2) is 0 Å². The van der Waals surface area contributed by atoms with Gasteiger partial charge in [0.1, 0.15) is 23.7 Å². The minimum Gasteiger partial charge on any atom is -0.457 e. The Morgan fingerprint density at radius 1 is 1.16 bits per heavy atom. The molecule has 25 heavy (non-hydrogen) atoms. The molecule has 0 aliphatic heterocycles. The molecule has 0 unspecified atom stereocenters. The maximum absolute atomic E-state index is 12.0. The second-order valence-electron chi connectivity index (χ2n) is 5.48. The number of nitrogens with one attached hydrogen (secondary N) is 3. The van der Waals surface area contributed by atoms with E-state index < -0.39 is 0 Å². The molecule has 3 aromatic rings. The first-order valence-electron chi connectivity index (χ1n) is 7.92. The van der Waals surface area contributed by atoms with Crippen LogP contribution >= 0.6 is 0 Å². The summed E-state index contributed by atoms with van der Waals surface area (Å²) in [6.07, 6.45) is 1.41. The monoisotopic (exact) mass is 337 g/mol. The highest BCUT2D eigenvalue weighted by Crippen LogP contribution is 2.21. The maximum Gasteiger partial charge on any atom is 0.315 e. The first-order chi connectivity index (χ1) is 12.2. The normalized spacial score (nSPS) is 11.6. The number of nitrogens with zero attached hydrogens (tertiary/aromatic N) is 2. The van der Waals surface area contributed by atoms with Gasteiger partial charge in [0.05, 0.1) is 6.04 Å². The van der Waals surface area contributed by atoms with Crippen molar-refractivity contribution in [3.63, 3.8) is 0 Å². The molecule has 1 atom stereocenters. The Labute approximate surface area is 145 Å². The third-order valence-corrected chi connectivity index (χ3v) is 3.52. The van der Waals surface area contributed by atoms with Gasteiger partial charge >= 0.3 is 6.03 Å². The Balaban J connectivity index is 1.53. The Kier molecular flexibility index (Phi) is 5.26. The lowest BCUT2D eigenvalue weighted by Gasteiger charge is -2.13. The Bertz CT molecular complexity index is 805. The van der Waals surface area contributed by atoms with Crippen molar-refractivity contribution >= 4 is 6.03 Å². The van der Waals surface area contributed by atoms with E-state index in [1.54, 1.807) is 0 Å². The van der Waals surface area contributed by atoms with E-state index in [1.807, 2.05) is 61.5 Å². The van der Waals surface area contributed by atoms with Crippen LogP contribution in [0.5, 0.6) is 11.5 Å². The van der Waals surface area contributed by atoms with Gasteiger partial charge in [-0.15, -0.1) is 0 Å². The van der Waals surface area contributed by atoms with Crippen molar-refractivity contribution < 1.29 is 9.53 Å². The molecule has 0 fully saturated rings. The quantitative estimate of drug-likeness (QED) is 0.644. The predicted molar refractivity (Wildman–Crippen MR) is 93.1 cm³/mol. The smallest absolute Gasteiger partial charge is 0.315 e. The van der Waals surface area contributed by atoms with Gasteiger partial charge in [-0.25, -0.2) is 9.78 Å².